The lowest BCUT2D eigenvalue weighted by molar-refractivity contribution is -0.0953. The first-order valence-corrected chi connectivity index (χ1v) is 7.51. The van der Waals surface area contributed by atoms with E-state index in [2.05, 4.69) is 45.0 Å². The van der Waals surface area contributed by atoms with Gasteiger partial charge in [-0.05, 0) is 39.2 Å². The Balaban J connectivity index is 2.10. The van der Waals surface area contributed by atoms with Gasteiger partial charge in [0.05, 0.1) is 12.2 Å². The van der Waals surface area contributed by atoms with Gasteiger partial charge < -0.3 is 10.1 Å². The molecule has 0 aromatic carbocycles. The van der Waals surface area contributed by atoms with E-state index in [9.17, 15) is 0 Å². The zero-order chi connectivity index (χ0) is 13.3. The largest absolute Gasteiger partial charge is 0.373 e. The topological polar surface area (TPSA) is 24.5 Å². The van der Waals surface area contributed by atoms with Crippen LogP contribution in [0.3, 0.4) is 0 Å². The minimum absolute atomic E-state index is 0.372. The number of morpholine rings is 1. The van der Waals surface area contributed by atoms with Crippen molar-refractivity contribution in [3.63, 3.8) is 0 Å². The van der Waals surface area contributed by atoms with E-state index in [4.69, 9.17) is 4.74 Å². The number of hydrogen-bond acceptors (Lipinski definition) is 3. The van der Waals surface area contributed by atoms with Gasteiger partial charge in [-0.25, -0.2) is 0 Å². The molecule has 2 aliphatic rings. The Labute approximate surface area is 112 Å². The molecule has 0 bridgehead atoms. The predicted molar refractivity (Wildman–Crippen MR) is 75.8 cm³/mol. The standard InChI is InChI=1S/C15H30N2O/c1-11-9-17(10-12(2)18-11)13-7-6-8-15(3,4)14(13)16-5/h11-14,16H,6-10H2,1-5H3/t11-,12+,13?,14?. The fourth-order valence-electron chi connectivity index (χ4n) is 4.07. The van der Waals surface area contributed by atoms with Gasteiger partial charge in [0.25, 0.3) is 0 Å². The van der Waals surface area contributed by atoms with Gasteiger partial charge in [0.15, 0.2) is 0 Å². The van der Waals surface area contributed by atoms with Gasteiger partial charge in [0.1, 0.15) is 0 Å². The molecule has 3 nitrogen and oxygen atoms in total. The molecule has 0 radical (unpaired) electrons. The molecule has 1 saturated carbocycles. The highest BCUT2D eigenvalue weighted by Crippen LogP contribution is 2.38. The minimum Gasteiger partial charge on any atom is -0.373 e. The van der Waals surface area contributed by atoms with Crippen LogP contribution in [-0.4, -0.2) is 49.3 Å². The minimum atomic E-state index is 0.372. The lowest BCUT2D eigenvalue weighted by Gasteiger charge is -2.50. The summed E-state index contributed by atoms with van der Waals surface area (Å²) in [6.07, 6.45) is 4.77. The number of hydrogen-bond donors (Lipinski definition) is 1. The number of rotatable bonds is 2. The third-order valence-electron chi connectivity index (χ3n) is 4.78. The van der Waals surface area contributed by atoms with E-state index in [0.717, 1.165) is 13.1 Å². The Kier molecular flexibility index (Phi) is 4.35. The van der Waals surface area contributed by atoms with Crippen molar-refractivity contribution < 1.29 is 4.74 Å². The van der Waals surface area contributed by atoms with Crippen LogP contribution in [0.5, 0.6) is 0 Å². The van der Waals surface area contributed by atoms with Crippen LogP contribution in [0, 0.1) is 5.41 Å². The first-order valence-electron chi connectivity index (χ1n) is 7.51. The smallest absolute Gasteiger partial charge is 0.0678 e. The molecule has 3 heteroatoms. The van der Waals surface area contributed by atoms with E-state index in [-0.39, 0.29) is 0 Å². The van der Waals surface area contributed by atoms with Crippen molar-refractivity contribution in [2.45, 2.75) is 71.2 Å². The predicted octanol–water partition coefficient (Wildman–Crippen LogP) is 2.26. The average molecular weight is 254 g/mol. The maximum atomic E-state index is 5.87. The molecule has 106 valence electrons. The van der Waals surface area contributed by atoms with E-state index in [1.54, 1.807) is 0 Å². The highest BCUT2D eigenvalue weighted by molar-refractivity contribution is 4.98. The molecule has 2 fully saturated rings. The average Bonchev–Trinajstić information content (AvgIpc) is 2.26. The SMILES string of the molecule is CNC1C(N2C[C@@H](C)O[C@@H](C)C2)CCCC1(C)C. The summed E-state index contributed by atoms with van der Waals surface area (Å²) in [6, 6.07) is 1.27. The van der Waals surface area contributed by atoms with Crippen LogP contribution in [0.15, 0.2) is 0 Å². The van der Waals surface area contributed by atoms with Crippen LogP contribution in [0.4, 0.5) is 0 Å². The summed E-state index contributed by atoms with van der Waals surface area (Å²) >= 11 is 0. The maximum absolute atomic E-state index is 5.87. The summed E-state index contributed by atoms with van der Waals surface area (Å²) in [4.78, 5) is 2.67. The lowest BCUT2D eigenvalue weighted by Crippen LogP contribution is -2.61. The van der Waals surface area contributed by atoms with E-state index in [1.807, 2.05) is 0 Å². The zero-order valence-corrected chi connectivity index (χ0v) is 12.7. The van der Waals surface area contributed by atoms with Gasteiger partial charge in [-0.15, -0.1) is 0 Å². The van der Waals surface area contributed by atoms with Crippen molar-refractivity contribution >= 4 is 0 Å². The van der Waals surface area contributed by atoms with Crippen LogP contribution in [0.25, 0.3) is 0 Å². The Hall–Kier alpha value is -0.120. The summed E-state index contributed by atoms with van der Waals surface area (Å²) < 4.78 is 5.87. The Bertz CT molecular complexity index is 270. The quantitative estimate of drug-likeness (QED) is 0.818. The van der Waals surface area contributed by atoms with Crippen LogP contribution >= 0.6 is 0 Å². The molecule has 0 aromatic heterocycles. The highest BCUT2D eigenvalue weighted by atomic mass is 16.5. The Morgan fingerprint density at radius 3 is 2.33 bits per heavy atom. The van der Waals surface area contributed by atoms with Gasteiger partial charge in [0, 0.05) is 25.2 Å². The number of ether oxygens (including phenoxy) is 1. The van der Waals surface area contributed by atoms with Crippen molar-refractivity contribution in [2.75, 3.05) is 20.1 Å². The molecule has 0 aromatic rings. The van der Waals surface area contributed by atoms with E-state index >= 15 is 0 Å². The third-order valence-corrected chi connectivity index (χ3v) is 4.78. The molecule has 18 heavy (non-hydrogen) atoms. The van der Waals surface area contributed by atoms with Crippen LogP contribution in [0.1, 0.15) is 47.0 Å². The molecule has 1 aliphatic heterocycles. The lowest BCUT2D eigenvalue weighted by atomic mass is 9.70. The van der Waals surface area contributed by atoms with Crippen molar-refractivity contribution in [3.05, 3.63) is 0 Å². The monoisotopic (exact) mass is 254 g/mol. The highest BCUT2D eigenvalue weighted by Gasteiger charge is 2.42. The van der Waals surface area contributed by atoms with E-state index < -0.39 is 0 Å². The second-order valence-corrected chi connectivity index (χ2v) is 6.93. The molecule has 2 unspecified atom stereocenters. The molecule has 0 spiro atoms. The fourth-order valence-corrected chi connectivity index (χ4v) is 4.07. The Morgan fingerprint density at radius 1 is 1.17 bits per heavy atom. The summed E-state index contributed by atoms with van der Waals surface area (Å²) in [5.41, 5.74) is 0.405. The van der Waals surface area contributed by atoms with Crippen LogP contribution in [0.2, 0.25) is 0 Å². The van der Waals surface area contributed by atoms with Crippen molar-refractivity contribution in [2.24, 2.45) is 5.41 Å². The molecule has 4 atom stereocenters. The summed E-state index contributed by atoms with van der Waals surface area (Å²) in [5.74, 6) is 0. The molecular formula is C15H30N2O. The van der Waals surface area contributed by atoms with Gasteiger partial charge in [-0.2, -0.15) is 0 Å². The molecule has 0 amide bonds. The summed E-state index contributed by atoms with van der Waals surface area (Å²) in [6.45, 7) is 11.4. The summed E-state index contributed by atoms with van der Waals surface area (Å²) in [7, 11) is 2.12. The zero-order valence-electron chi connectivity index (χ0n) is 12.7. The molecule has 2 rings (SSSR count). The van der Waals surface area contributed by atoms with E-state index in [0.29, 0.717) is 29.7 Å². The van der Waals surface area contributed by atoms with Crippen LogP contribution in [-0.2, 0) is 4.74 Å². The number of nitrogens with zero attached hydrogens (tertiary/aromatic N) is 1. The van der Waals surface area contributed by atoms with Gasteiger partial charge >= 0.3 is 0 Å². The van der Waals surface area contributed by atoms with Crippen molar-refractivity contribution in [1.29, 1.82) is 0 Å². The number of nitrogens with one attached hydrogen (secondary N) is 1. The third kappa shape index (κ3) is 2.89. The fraction of sp³-hybridized carbons (Fsp3) is 1.00. The second-order valence-electron chi connectivity index (χ2n) is 6.93. The first kappa shape index (κ1) is 14.3. The van der Waals surface area contributed by atoms with E-state index in [1.165, 1.54) is 19.3 Å². The van der Waals surface area contributed by atoms with Gasteiger partial charge in [-0.1, -0.05) is 20.3 Å². The summed E-state index contributed by atoms with van der Waals surface area (Å²) in [5, 5.41) is 3.59. The molecule has 1 saturated heterocycles. The molecule has 1 aliphatic carbocycles. The van der Waals surface area contributed by atoms with Crippen molar-refractivity contribution in [3.8, 4) is 0 Å². The molecule has 1 N–H and O–H groups in total. The van der Waals surface area contributed by atoms with Crippen molar-refractivity contribution in [1.82, 2.24) is 10.2 Å². The number of likely N-dealkylation sites (N-methyl/N-ethyl adjacent to an activating group) is 1. The Morgan fingerprint density at radius 2 is 1.78 bits per heavy atom. The molecular weight excluding hydrogens is 224 g/mol. The second kappa shape index (κ2) is 5.48. The first-order chi connectivity index (χ1) is 8.44. The van der Waals surface area contributed by atoms with Gasteiger partial charge in [0.2, 0.25) is 0 Å². The molecule has 1 heterocycles. The van der Waals surface area contributed by atoms with Gasteiger partial charge in [-0.3, -0.25) is 4.90 Å². The maximum Gasteiger partial charge on any atom is 0.0678 e. The normalized spacial score (nSPS) is 41.8. The van der Waals surface area contributed by atoms with Crippen LogP contribution < -0.4 is 5.32 Å².